The molecule has 3 rings (SSSR count). The van der Waals surface area contributed by atoms with Gasteiger partial charge in [-0.05, 0) is 41.5 Å². The molecule has 0 aliphatic carbocycles. The summed E-state index contributed by atoms with van der Waals surface area (Å²) >= 11 is 6.12. The molecule has 0 aliphatic rings. The van der Waals surface area contributed by atoms with Gasteiger partial charge >= 0.3 is 12.5 Å². The molecule has 2 aromatic carbocycles. The maximum Gasteiger partial charge on any atom is 0.461 e. The van der Waals surface area contributed by atoms with E-state index in [1.807, 2.05) is 6.07 Å². The Balaban J connectivity index is 1.92. The number of aromatic amines is 1. The molecule has 0 unspecified atom stereocenters. The average Bonchev–Trinajstić information content (AvgIpc) is 3.10. The molecule has 0 amide bonds. The third-order valence-corrected chi connectivity index (χ3v) is 3.75. The van der Waals surface area contributed by atoms with E-state index in [0.29, 0.717) is 27.4 Å². The van der Waals surface area contributed by atoms with Crippen molar-refractivity contribution in [1.29, 1.82) is 5.26 Å². The van der Waals surface area contributed by atoms with Gasteiger partial charge in [0.1, 0.15) is 17.5 Å². The quantitative estimate of drug-likeness (QED) is 0.622. The highest BCUT2D eigenvalue weighted by Gasteiger charge is 2.43. The molecule has 1 aromatic heterocycles. The minimum absolute atomic E-state index is 0.154. The van der Waals surface area contributed by atoms with E-state index in [0.717, 1.165) is 12.1 Å². The van der Waals surface area contributed by atoms with Crippen molar-refractivity contribution in [2.24, 2.45) is 0 Å². The van der Waals surface area contributed by atoms with Crippen molar-refractivity contribution >= 4 is 11.6 Å². The average molecular weight is 397 g/mol. The Morgan fingerprint density at radius 1 is 1.07 bits per heavy atom. The highest BCUT2D eigenvalue weighted by molar-refractivity contribution is 6.31. The van der Waals surface area contributed by atoms with E-state index in [-0.39, 0.29) is 5.69 Å². The molecular formula is C17H9ClF4N4O. The van der Waals surface area contributed by atoms with Crippen molar-refractivity contribution in [2.75, 3.05) is 0 Å². The largest absolute Gasteiger partial charge is 0.461 e. The summed E-state index contributed by atoms with van der Waals surface area (Å²) in [4.78, 5) is 0. The number of aromatic nitrogens is 3. The molecule has 0 spiro atoms. The van der Waals surface area contributed by atoms with Crippen LogP contribution in [-0.4, -0.2) is 27.9 Å². The van der Waals surface area contributed by atoms with Crippen LogP contribution in [-0.2, 0) is 0 Å². The number of nitrogens with zero attached hydrogens (tertiary/aromatic N) is 3. The Kier molecular flexibility index (Phi) is 5.01. The van der Waals surface area contributed by atoms with Crippen LogP contribution in [0.1, 0.15) is 5.69 Å². The number of H-pyrrole nitrogens is 1. The molecule has 0 aliphatic heterocycles. The van der Waals surface area contributed by atoms with Gasteiger partial charge in [-0.15, -0.1) is 5.10 Å². The second-order valence-electron chi connectivity index (χ2n) is 5.36. The van der Waals surface area contributed by atoms with Gasteiger partial charge in [0.25, 0.3) is 0 Å². The number of rotatable bonds is 5. The van der Waals surface area contributed by atoms with Crippen LogP contribution in [0.5, 0.6) is 5.75 Å². The number of hydrogen-bond donors (Lipinski definition) is 1. The summed E-state index contributed by atoms with van der Waals surface area (Å²) in [7, 11) is 0. The third kappa shape index (κ3) is 4.01. The number of hydrogen-bond acceptors (Lipinski definition) is 4. The minimum atomic E-state index is -4.58. The molecule has 5 nitrogen and oxygen atoms in total. The first kappa shape index (κ1) is 18.7. The zero-order valence-electron chi connectivity index (χ0n) is 13.3. The molecule has 0 saturated heterocycles. The smallest absolute Gasteiger partial charge is 0.428 e. The van der Waals surface area contributed by atoms with Crippen molar-refractivity contribution < 1.29 is 22.3 Å². The summed E-state index contributed by atoms with van der Waals surface area (Å²) in [5.74, 6) is -0.408. The second kappa shape index (κ2) is 7.25. The van der Waals surface area contributed by atoms with E-state index >= 15 is 0 Å². The van der Waals surface area contributed by atoms with Gasteiger partial charge in [0.05, 0.1) is 0 Å². The predicted molar refractivity (Wildman–Crippen MR) is 88.6 cm³/mol. The highest BCUT2D eigenvalue weighted by Crippen LogP contribution is 2.32. The summed E-state index contributed by atoms with van der Waals surface area (Å²) in [6, 6.07) is 11.9. The van der Waals surface area contributed by atoms with E-state index in [4.69, 9.17) is 16.9 Å². The number of alkyl halides is 4. The monoisotopic (exact) mass is 396 g/mol. The molecular weight excluding hydrogens is 388 g/mol. The molecule has 0 radical (unpaired) electrons. The number of ether oxygens (including phenoxy) is 1. The predicted octanol–water partition coefficient (Wildman–Crippen LogP) is 4.90. The van der Waals surface area contributed by atoms with Crippen molar-refractivity contribution in [3.05, 3.63) is 53.2 Å². The maximum absolute atomic E-state index is 13.0. The van der Waals surface area contributed by atoms with E-state index in [9.17, 15) is 17.6 Å². The molecule has 0 atom stereocenters. The summed E-state index contributed by atoms with van der Waals surface area (Å²) in [6.07, 6.45) is -8.52. The fraction of sp³-hybridized carbons (Fsp3) is 0.118. The Labute approximate surface area is 155 Å². The summed E-state index contributed by atoms with van der Waals surface area (Å²) in [5.41, 5.74) is 2.14. The van der Waals surface area contributed by atoms with Gasteiger partial charge in [0.15, 0.2) is 5.69 Å². The zero-order valence-corrected chi connectivity index (χ0v) is 14.0. The molecule has 138 valence electrons. The normalized spacial score (nSPS) is 11.4. The topological polar surface area (TPSA) is 74.6 Å². The Morgan fingerprint density at radius 3 is 2.37 bits per heavy atom. The van der Waals surface area contributed by atoms with Gasteiger partial charge in [-0.25, -0.2) is 5.10 Å². The lowest BCUT2D eigenvalue weighted by Crippen LogP contribution is -2.33. The zero-order chi connectivity index (χ0) is 19.6. The van der Waals surface area contributed by atoms with Crippen LogP contribution in [0.4, 0.5) is 17.6 Å². The van der Waals surface area contributed by atoms with E-state index in [2.05, 4.69) is 20.1 Å². The fourth-order valence-corrected chi connectivity index (χ4v) is 2.55. The third-order valence-electron chi connectivity index (χ3n) is 3.53. The number of nitrogens with one attached hydrogen (secondary N) is 1. The van der Waals surface area contributed by atoms with E-state index < -0.39 is 18.3 Å². The SMILES string of the molecule is N#Cc1[nH]nnc1-c1cc(Cl)cc(-c2ccc(OC(F)(F)C(F)F)cc2)c1. The van der Waals surface area contributed by atoms with Crippen LogP contribution in [0, 0.1) is 11.3 Å². The standard InChI is InChI=1S/C17H9ClF4N4O/c18-12-6-10(5-11(7-12)15-14(8-23)24-26-25-15)9-1-3-13(4-2-9)27-17(21,22)16(19)20/h1-7,16H,(H,24,25,26). The van der Waals surface area contributed by atoms with Crippen LogP contribution in [0.2, 0.25) is 5.02 Å². The van der Waals surface area contributed by atoms with Gasteiger partial charge in [0, 0.05) is 10.6 Å². The van der Waals surface area contributed by atoms with Gasteiger partial charge in [-0.2, -0.15) is 22.8 Å². The molecule has 1 heterocycles. The molecule has 0 saturated carbocycles. The summed E-state index contributed by atoms with van der Waals surface area (Å²) < 4.78 is 54.3. The number of benzene rings is 2. The molecule has 0 bridgehead atoms. The first-order valence-electron chi connectivity index (χ1n) is 7.37. The van der Waals surface area contributed by atoms with Crippen LogP contribution < -0.4 is 4.74 Å². The highest BCUT2D eigenvalue weighted by atomic mass is 35.5. The van der Waals surface area contributed by atoms with E-state index in [1.165, 1.54) is 12.1 Å². The lowest BCUT2D eigenvalue weighted by molar-refractivity contribution is -0.253. The Bertz CT molecular complexity index is 999. The first-order valence-corrected chi connectivity index (χ1v) is 7.75. The van der Waals surface area contributed by atoms with E-state index in [1.54, 1.807) is 18.2 Å². The van der Waals surface area contributed by atoms with Crippen LogP contribution in [0.25, 0.3) is 22.4 Å². The maximum atomic E-state index is 13.0. The van der Waals surface area contributed by atoms with Crippen molar-refractivity contribution in [2.45, 2.75) is 12.5 Å². The number of nitriles is 1. The lowest BCUT2D eigenvalue weighted by Gasteiger charge is -2.17. The van der Waals surface area contributed by atoms with Gasteiger partial charge < -0.3 is 4.74 Å². The van der Waals surface area contributed by atoms with Gasteiger partial charge in [0.2, 0.25) is 0 Å². The van der Waals surface area contributed by atoms with Crippen LogP contribution in [0.3, 0.4) is 0 Å². The van der Waals surface area contributed by atoms with Crippen LogP contribution >= 0.6 is 11.6 Å². The van der Waals surface area contributed by atoms with Gasteiger partial charge in [-0.1, -0.05) is 28.9 Å². The van der Waals surface area contributed by atoms with Crippen molar-refractivity contribution in [1.82, 2.24) is 15.4 Å². The molecule has 1 N–H and O–H groups in total. The Hall–Kier alpha value is -3.12. The molecule has 3 aromatic rings. The molecule has 10 heteroatoms. The first-order chi connectivity index (χ1) is 12.8. The Morgan fingerprint density at radius 2 is 1.74 bits per heavy atom. The summed E-state index contributed by atoms with van der Waals surface area (Å²) in [5, 5.41) is 19.3. The lowest BCUT2D eigenvalue weighted by atomic mass is 10.0. The molecule has 27 heavy (non-hydrogen) atoms. The summed E-state index contributed by atoms with van der Waals surface area (Å²) in [6.45, 7) is 0. The molecule has 0 fully saturated rings. The van der Waals surface area contributed by atoms with Crippen LogP contribution in [0.15, 0.2) is 42.5 Å². The van der Waals surface area contributed by atoms with Crippen molar-refractivity contribution in [3.63, 3.8) is 0 Å². The number of halogens is 5. The van der Waals surface area contributed by atoms with Crippen molar-refractivity contribution in [3.8, 4) is 34.2 Å². The fourth-order valence-electron chi connectivity index (χ4n) is 2.32. The minimum Gasteiger partial charge on any atom is -0.428 e. The second-order valence-corrected chi connectivity index (χ2v) is 5.80. The van der Waals surface area contributed by atoms with Gasteiger partial charge in [-0.3, -0.25) is 0 Å².